The topological polar surface area (TPSA) is 72.5 Å². The van der Waals surface area contributed by atoms with E-state index < -0.39 is 6.10 Å². The van der Waals surface area contributed by atoms with Gasteiger partial charge in [0.1, 0.15) is 0 Å². The third-order valence-electron chi connectivity index (χ3n) is 3.64. The molecule has 1 rings (SSSR count). The number of hydrogen-bond donors (Lipinski definition) is 1. The van der Waals surface area contributed by atoms with Crippen LogP contribution in [0.15, 0.2) is 24.3 Å². The molecule has 0 radical (unpaired) electrons. The van der Waals surface area contributed by atoms with Crippen LogP contribution in [0.3, 0.4) is 0 Å². The van der Waals surface area contributed by atoms with Crippen molar-refractivity contribution >= 4 is 23.3 Å². The van der Waals surface area contributed by atoms with Gasteiger partial charge in [0, 0.05) is 17.2 Å². The standard InChI is InChI=1S/C18H25NO4/c1-6-12(4)18(22)23-13(5)16(20)14-7-9-15(10-8-14)19-17(21)11(2)3/h7-13H,6H2,1-5H3,(H,19,21). The Hall–Kier alpha value is -2.17. The van der Waals surface area contributed by atoms with Crippen molar-refractivity contribution in [2.24, 2.45) is 11.8 Å². The summed E-state index contributed by atoms with van der Waals surface area (Å²) in [4.78, 5) is 35.6. The van der Waals surface area contributed by atoms with Crippen molar-refractivity contribution in [1.82, 2.24) is 0 Å². The molecule has 1 aromatic rings. The zero-order chi connectivity index (χ0) is 17.6. The zero-order valence-corrected chi connectivity index (χ0v) is 14.4. The number of ether oxygens (including phenoxy) is 1. The highest BCUT2D eigenvalue weighted by Gasteiger charge is 2.22. The minimum atomic E-state index is -0.826. The molecule has 1 amide bonds. The van der Waals surface area contributed by atoms with E-state index in [1.165, 1.54) is 0 Å². The number of hydrogen-bond acceptors (Lipinski definition) is 4. The highest BCUT2D eigenvalue weighted by molar-refractivity contribution is 6.01. The minimum Gasteiger partial charge on any atom is -0.454 e. The molecule has 0 aromatic heterocycles. The van der Waals surface area contributed by atoms with E-state index in [0.717, 1.165) is 0 Å². The van der Waals surface area contributed by atoms with Gasteiger partial charge in [0.15, 0.2) is 6.10 Å². The number of esters is 1. The maximum Gasteiger partial charge on any atom is 0.309 e. The molecule has 0 spiro atoms. The lowest BCUT2D eigenvalue weighted by Gasteiger charge is -2.15. The fourth-order valence-electron chi connectivity index (χ4n) is 1.75. The second-order valence-corrected chi connectivity index (χ2v) is 5.97. The minimum absolute atomic E-state index is 0.0834. The molecule has 126 valence electrons. The molecule has 0 heterocycles. The van der Waals surface area contributed by atoms with Gasteiger partial charge in [-0.2, -0.15) is 0 Å². The summed E-state index contributed by atoms with van der Waals surface area (Å²) in [6.45, 7) is 8.84. The number of rotatable bonds is 7. The maximum absolute atomic E-state index is 12.3. The quantitative estimate of drug-likeness (QED) is 0.617. The van der Waals surface area contributed by atoms with Gasteiger partial charge in [-0.3, -0.25) is 14.4 Å². The SMILES string of the molecule is CCC(C)C(=O)OC(C)C(=O)c1ccc(NC(=O)C(C)C)cc1. The summed E-state index contributed by atoms with van der Waals surface area (Å²) in [5.74, 6) is -1.05. The Morgan fingerprint density at radius 3 is 2.09 bits per heavy atom. The van der Waals surface area contributed by atoms with E-state index in [1.54, 1.807) is 52.0 Å². The number of carbonyl (C=O) groups is 3. The predicted molar refractivity (Wildman–Crippen MR) is 89.2 cm³/mol. The molecule has 0 fully saturated rings. The van der Waals surface area contributed by atoms with Crippen LogP contribution < -0.4 is 5.32 Å². The summed E-state index contributed by atoms with van der Waals surface area (Å²) in [5, 5.41) is 2.76. The van der Waals surface area contributed by atoms with Crippen molar-refractivity contribution in [1.29, 1.82) is 0 Å². The van der Waals surface area contributed by atoms with Crippen LogP contribution in [0.2, 0.25) is 0 Å². The summed E-state index contributed by atoms with van der Waals surface area (Å²) >= 11 is 0. The van der Waals surface area contributed by atoms with Crippen LogP contribution in [0.5, 0.6) is 0 Å². The molecule has 5 nitrogen and oxygen atoms in total. The van der Waals surface area contributed by atoms with Crippen LogP contribution >= 0.6 is 0 Å². The van der Waals surface area contributed by atoms with Gasteiger partial charge in [0.25, 0.3) is 0 Å². The predicted octanol–water partition coefficient (Wildman–Crippen LogP) is 3.44. The lowest BCUT2D eigenvalue weighted by atomic mass is 10.1. The van der Waals surface area contributed by atoms with Gasteiger partial charge in [-0.15, -0.1) is 0 Å². The third-order valence-corrected chi connectivity index (χ3v) is 3.64. The van der Waals surface area contributed by atoms with Crippen molar-refractivity contribution in [3.63, 3.8) is 0 Å². The Morgan fingerprint density at radius 1 is 1.04 bits per heavy atom. The molecule has 23 heavy (non-hydrogen) atoms. The van der Waals surface area contributed by atoms with Crippen LogP contribution in [0.25, 0.3) is 0 Å². The molecular formula is C18H25NO4. The van der Waals surface area contributed by atoms with E-state index in [9.17, 15) is 14.4 Å². The van der Waals surface area contributed by atoms with Gasteiger partial charge in [-0.05, 0) is 37.6 Å². The Kier molecular flexibility index (Phi) is 6.94. The second kappa shape index (κ2) is 8.46. The van der Waals surface area contributed by atoms with Gasteiger partial charge in [0.2, 0.25) is 11.7 Å². The number of ketones is 1. The third kappa shape index (κ3) is 5.51. The normalized spacial score (nSPS) is 13.3. The van der Waals surface area contributed by atoms with Gasteiger partial charge in [0.05, 0.1) is 5.92 Å². The van der Waals surface area contributed by atoms with Crippen molar-refractivity contribution in [2.75, 3.05) is 5.32 Å². The average Bonchev–Trinajstić information content (AvgIpc) is 2.53. The maximum atomic E-state index is 12.3. The first-order valence-electron chi connectivity index (χ1n) is 7.91. The van der Waals surface area contributed by atoms with Gasteiger partial charge < -0.3 is 10.1 Å². The van der Waals surface area contributed by atoms with E-state index in [1.807, 2.05) is 6.92 Å². The smallest absolute Gasteiger partial charge is 0.309 e. The largest absolute Gasteiger partial charge is 0.454 e. The summed E-state index contributed by atoms with van der Waals surface area (Å²) in [7, 11) is 0. The monoisotopic (exact) mass is 319 g/mol. The molecule has 1 N–H and O–H groups in total. The first-order chi connectivity index (χ1) is 10.8. The molecule has 0 aliphatic rings. The van der Waals surface area contributed by atoms with Gasteiger partial charge in [-0.1, -0.05) is 27.7 Å². The fourth-order valence-corrected chi connectivity index (χ4v) is 1.75. The van der Waals surface area contributed by atoms with Crippen LogP contribution in [-0.2, 0) is 14.3 Å². The van der Waals surface area contributed by atoms with E-state index in [0.29, 0.717) is 17.7 Å². The molecular weight excluding hydrogens is 294 g/mol. The molecule has 0 aliphatic carbocycles. The zero-order valence-electron chi connectivity index (χ0n) is 14.4. The second-order valence-electron chi connectivity index (χ2n) is 5.97. The van der Waals surface area contributed by atoms with Crippen LogP contribution in [0, 0.1) is 11.8 Å². The first kappa shape index (κ1) is 18.9. The molecule has 0 saturated heterocycles. The molecule has 0 aliphatic heterocycles. The number of anilines is 1. The molecule has 5 heteroatoms. The summed E-state index contributed by atoms with van der Waals surface area (Å²) in [5.41, 5.74) is 1.07. The van der Waals surface area contributed by atoms with Crippen LogP contribution in [-0.4, -0.2) is 23.8 Å². The summed E-state index contributed by atoms with van der Waals surface area (Å²) < 4.78 is 5.19. The van der Waals surface area contributed by atoms with Crippen molar-refractivity contribution in [2.45, 2.75) is 47.1 Å². The average molecular weight is 319 g/mol. The number of benzene rings is 1. The van der Waals surface area contributed by atoms with E-state index in [4.69, 9.17) is 4.74 Å². The number of carbonyl (C=O) groups excluding carboxylic acids is 3. The van der Waals surface area contributed by atoms with Crippen molar-refractivity contribution < 1.29 is 19.1 Å². The Morgan fingerprint density at radius 2 is 1.61 bits per heavy atom. The molecule has 1 aromatic carbocycles. The number of Topliss-reactive ketones (excluding diaryl/α,β-unsaturated/α-hetero) is 1. The van der Waals surface area contributed by atoms with Crippen LogP contribution in [0.4, 0.5) is 5.69 Å². The number of amides is 1. The Balaban J connectivity index is 2.70. The Bertz CT molecular complexity index is 563. The van der Waals surface area contributed by atoms with Crippen molar-refractivity contribution in [3.8, 4) is 0 Å². The van der Waals surface area contributed by atoms with Gasteiger partial charge >= 0.3 is 5.97 Å². The molecule has 0 bridgehead atoms. The molecule has 2 unspecified atom stereocenters. The van der Waals surface area contributed by atoms with E-state index in [-0.39, 0.29) is 29.5 Å². The summed E-state index contributed by atoms with van der Waals surface area (Å²) in [6, 6.07) is 6.56. The van der Waals surface area contributed by atoms with Crippen molar-refractivity contribution in [3.05, 3.63) is 29.8 Å². The fraction of sp³-hybridized carbons (Fsp3) is 0.500. The highest BCUT2D eigenvalue weighted by Crippen LogP contribution is 2.14. The molecule has 0 saturated carbocycles. The lowest BCUT2D eigenvalue weighted by molar-refractivity contribution is -0.150. The van der Waals surface area contributed by atoms with E-state index in [2.05, 4.69) is 5.32 Å². The number of nitrogens with one attached hydrogen (secondary N) is 1. The molecule has 2 atom stereocenters. The highest BCUT2D eigenvalue weighted by atomic mass is 16.5. The lowest BCUT2D eigenvalue weighted by Crippen LogP contribution is -2.27. The van der Waals surface area contributed by atoms with E-state index >= 15 is 0 Å². The first-order valence-corrected chi connectivity index (χ1v) is 7.91. The summed E-state index contributed by atoms with van der Waals surface area (Å²) in [6.07, 6.45) is -0.156. The Labute approximate surface area is 137 Å². The van der Waals surface area contributed by atoms with Crippen LogP contribution in [0.1, 0.15) is 51.4 Å². The van der Waals surface area contributed by atoms with Gasteiger partial charge in [-0.25, -0.2) is 0 Å².